The predicted octanol–water partition coefficient (Wildman–Crippen LogP) is 0.381. The highest BCUT2D eigenvalue weighted by Crippen LogP contribution is 2.13. The number of pyridine rings is 1. The number of rotatable bonds is 4. The molecule has 1 aromatic rings. The number of amides is 1. The molecule has 6 heteroatoms. The maximum Gasteiger partial charge on any atom is 0.328 e. The Bertz CT molecular complexity index is 420. The minimum Gasteiger partial charge on any atom is -0.480 e. The van der Waals surface area contributed by atoms with Crippen molar-refractivity contribution in [3.05, 3.63) is 23.9 Å². The van der Waals surface area contributed by atoms with Gasteiger partial charge >= 0.3 is 5.97 Å². The van der Waals surface area contributed by atoms with Crippen LogP contribution < -0.4 is 10.1 Å². The Labute approximate surface area is 98.9 Å². The van der Waals surface area contributed by atoms with Crippen LogP contribution in [0.3, 0.4) is 0 Å². The van der Waals surface area contributed by atoms with Crippen LogP contribution in [0.15, 0.2) is 18.3 Å². The monoisotopic (exact) mass is 238 g/mol. The van der Waals surface area contributed by atoms with E-state index in [0.717, 1.165) is 0 Å². The van der Waals surface area contributed by atoms with E-state index < -0.39 is 17.9 Å². The van der Waals surface area contributed by atoms with Gasteiger partial charge in [-0.05, 0) is 19.1 Å². The smallest absolute Gasteiger partial charge is 0.328 e. The number of nitrogens with zero attached hydrogens (tertiary/aromatic N) is 1. The van der Waals surface area contributed by atoms with Crippen molar-refractivity contribution in [2.75, 3.05) is 14.2 Å². The molecule has 0 radical (unpaired) electrons. The summed E-state index contributed by atoms with van der Waals surface area (Å²) in [5, 5.41) is 2.49. The van der Waals surface area contributed by atoms with Crippen molar-refractivity contribution in [1.82, 2.24) is 10.3 Å². The third kappa shape index (κ3) is 3.17. The lowest BCUT2D eigenvalue weighted by Gasteiger charge is -2.12. The van der Waals surface area contributed by atoms with E-state index in [-0.39, 0.29) is 11.4 Å². The average molecular weight is 238 g/mol. The molecule has 0 aliphatic carbocycles. The molecule has 0 saturated heterocycles. The van der Waals surface area contributed by atoms with Gasteiger partial charge < -0.3 is 14.8 Å². The molecule has 1 aromatic heterocycles. The van der Waals surface area contributed by atoms with Gasteiger partial charge in [-0.1, -0.05) is 0 Å². The first-order valence-corrected chi connectivity index (χ1v) is 4.97. The Kier molecular flexibility index (Phi) is 4.45. The number of esters is 1. The van der Waals surface area contributed by atoms with E-state index in [4.69, 9.17) is 4.74 Å². The summed E-state index contributed by atoms with van der Waals surface area (Å²) >= 11 is 0. The fourth-order valence-electron chi connectivity index (χ4n) is 1.24. The number of carbonyl (C=O) groups is 2. The minimum absolute atomic E-state index is 0.210. The Morgan fingerprint density at radius 2 is 2.12 bits per heavy atom. The number of hydrogen-bond acceptors (Lipinski definition) is 5. The number of hydrogen-bond donors (Lipinski definition) is 1. The maximum atomic E-state index is 11.8. The molecule has 1 amide bonds. The van der Waals surface area contributed by atoms with Crippen LogP contribution in [0.2, 0.25) is 0 Å². The van der Waals surface area contributed by atoms with Crippen LogP contribution in [0.4, 0.5) is 0 Å². The second-order valence-corrected chi connectivity index (χ2v) is 3.28. The van der Waals surface area contributed by atoms with Crippen LogP contribution >= 0.6 is 0 Å². The van der Waals surface area contributed by atoms with Gasteiger partial charge in [-0.3, -0.25) is 4.79 Å². The van der Waals surface area contributed by atoms with E-state index in [1.807, 2.05) is 0 Å². The van der Waals surface area contributed by atoms with Gasteiger partial charge in [-0.2, -0.15) is 0 Å². The highest BCUT2D eigenvalue weighted by Gasteiger charge is 2.19. The SMILES string of the molecule is COC(=O)C(C)NC(=O)c1cccnc1OC. The van der Waals surface area contributed by atoms with Crippen LogP contribution in [-0.2, 0) is 9.53 Å². The van der Waals surface area contributed by atoms with E-state index in [0.29, 0.717) is 0 Å². The van der Waals surface area contributed by atoms with Crippen LogP contribution in [0.5, 0.6) is 5.88 Å². The summed E-state index contributed by atoms with van der Waals surface area (Å²) in [6.45, 7) is 1.53. The second-order valence-electron chi connectivity index (χ2n) is 3.28. The highest BCUT2D eigenvalue weighted by atomic mass is 16.5. The van der Waals surface area contributed by atoms with Crippen LogP contribution in [-0.4, -0.2) is 37.1 Å². The largest absolute Gasteiger partial charge is 0.480 e. The molecule has 1 N–H and O–H groups in total. The molecule has 6 nitrogen and oxygen atoms in total. The van der Waals surface area contributed by atoms with Gasteiger partial charge in [0.15, 0.2) is 0 Å². The Hall–Kier alpha value is -2.11. The van der Waals surface area contributed by atoms with Gasteiger partial charge in [0.1, 0.15) is 11.6 Å². The first-order valence-electron chi connectivity index (χ1n) is 4.97. The fraction of sp³-hybridized carbons (Fsp3) is 0.364. The van der Waals surface area contributed by atoms with Gasteiger partial charge in [0.05, 0.1) is 14.2 Å². The molecule has 0 bridgehead atoms. The summed E-state index contributed by atoms with van der Waals surface area (Å²) in [5.74, 6) is -0.740. The Morgan fingerprint density at radius 1 is 1.41 bits per heavy atom. The molecule has 0 aliphatic rings. The summed E-state index contributed by atoms with van der Waals surface area (Å²) in [7, 11) is 2.68. The first-order chi connectivity index (χ1) is 8.10. The van der Waals surface area contributed by atoms with Crippen molar-refractivity contribution < 1.29 is 19.1 Å². The third-order valence-electron chi connectivity index (χ3n) is 2.11. The van der Waals surface area contributed by atoms with Crippen LogP contribution in [0.1, 0.15) is 17.3 Å². The number of nitrogens with one attached hydrogen (secondary N) is 1. The quantitative estimate of drug-likeness (QED) is 0.767. The van der Waals surface area contributed by atoms with E-state index in [9.17, 15) is 9.59 Å². The van der Waals surface area contributed by atoms with E-state index in [1.165, 1.54) is 27.3 Å². The molecule has 0 saturated carbocycles. The summed E-state index contributed by atoms with van der Waals surface area (Å²) < 4.78 is 9.45. The Balaban J connectivity index is 2.79. The third-order valence-corrected chi connectivity index (χ3v) is 2.11. The average Bonchev–Trinajstić information content (AvgIpc) is 2.37. The van der Waals surface area contributed by atoms with Gasteiger partial charge in [-0.15, -0.1) is 0 Å². The van der Waals surface area contributed by atoms with Gasteiger partial charge in [-0.25, -0.2) is 9.78 Å². The molecule has 0 aromatic carbocycles. The molecular formula is C11H14N2O4. The fourth-order valence-corrected chi connectivity index (χ4v) is 1.24. The number of methoxy groups -OCH3 is 2. The molecule has 92 valence electrons. The zero-order valence-electron chi connectivity index (χ0n) is 9.89. The number of aromatic nitrogens is 1. The summed E-state index contributed by atoms with van der Waals surface area (Å²) in [4.78, 5) is 26.9. The molecule has 1 unspecified atom stereocenters. The van der Waals surface area contributed by atoms with Crippen molar-refractivity contribution in [3.63, 3.8) is 0 Å². The summed E-state index contributed by atoms with van der Waals surface area (Å²) in [6, 6.07) is 2.45. The zero-order valence-corrected chi connectivity index (χ0v) is 9.89. The van der Waals surface area contributed by atoms with Crippen molar-refractivity contribution >= 4 is 11.9 Å². The van der Waals surface area contributed by atoms with Crippen molar-refractivity contribution in [3.8, 4) is 5.88 Å². The molecule has 0 spiro atoms. The van der Waals surface area contributed by atoms with Crippen molar-refractivity contribution in [1.29, 1.82) is 0 Å². The molecule has 1 atom stereocenters. The molecule has 17 heavy (non-hydrogen) atoms. The van der Waals surface area contributed by atoms with Gasteiger partial charge in [0, 0.05) is 6.20 Å². The second kappa shape index (κ2) is 5.83. The Morgan fingerprint density at radius 3 is 2.71 bits per heavy atom. The number of carbonyl (C=O) groups excluding carboxylic acids is 2. The first kappa shape index (κ1) is 13.0. The normalized spacial score (nSPS) is 11.5. The van der Waals surface area contributed by atoms with Crippen LogP contribution in [0.25, 0.3) is 0 Å². The molecular weight excluding hydrogens is 224 g/mol. The lowest BCUT2D eigenvalue weighted by Crippen LogP contribution is -2.39. The standard InChI is InChI=1S/C11H14N2O4/c1-7(11(15)17-3)13-9(14)8-5-4-6-12-10(8)16-2/h4-7H,1-3H3,(H,13,14). The van der Waals surface area contributed by atoms with E-state index in [2.05, 4.69) is 15.0 Å². The van der Waals surface area contributed by atoms with Crippen molar-refractivity contribution in [2.24, 2.45) is 0 Å². The molecule has 0 fully saturated rings. The number of ether oxygens (including phenoxy) is 2. The van der Waals surface area contributed by atoms with E-state index in [1.54, 1.807) is 12.1 Å². The predicted molar refractivity (Wildman–Crippen MR) is 59.7 cm³/mol. The molecule has 1 rings (SSSR count). The molecule has 1 heterocycles. The van der Waals surface area contributed by atoms with Gasteiger partial charge in [0.2, 0.25) is 5.88 Å². The zero-order chi connectivity index (χ0) is 12.8. The maximum absolute atomic E-state index is 11.8. The highest BCUT2D eigenvalue weighted by molar-refractivity contribution is 5.98. The lowest BCUT2D eigenvalue weighted by molar-refractivity contribution is -0.142. The van der Waals surface area contributed by atoms with Gasteiger partial charge in [0.25, 0.3) is 5.91 Å². The molecule has 0 aliphatic heterocycles. The summed E-state index contributed by atoms with van der Waals surface area (Å²) in [5.41, 5.74) is 0.269. The van der Waals surface area contributed by atoms with E-state index >= 15 is 0 Å². The lowest BCUT2D eigenvalue weighted by atomic mass is 10.2. The topological polar surface area (TPSA) is 77.5 Å². The summed E-state index contributed by atoms with van der Waals surface area (Å²) in [6.07, 6.45) is 1.51. The minimum atomic E-state index is -0.725. The van der Waals surface area contributed by atoms with Crippen molar-refractivity contribution in [2.45, 2.75) is 13.0 Å². The van der Waals surface area contributed by atoms with Crippen LogP contribution in [0, 0.1) is 0 Å².